The van der Waals surface area contributed by atoms with E-state index in [0.717, 1.165) is 57.2 Å². The Labute approximate surface area is 215 Å². The first-order valence-corrected chi connectivity index (χ1v) is 14.5. The smallest absolute Gasteiger partial charge is 0.268 e. The number of rotatable bonds is 3. The summed E-state index contributed by atoms with van der Waals surface area (Å²) in [6, 6.07) is 8.98. The van der Waals surface area contributed by atoms with Gasteiger partial charge in [-0.2, -0.15) is 0 Å². The molecule has 0 N–H and O–H groups in total. The molecule has 2 bridgehead atoms. The Hall–Kier alpha value is -2.49. The minimum Gasteiger partial charge on any atom is -0.494 e. The summed E-state index contributed by atoms with van der Waals surface area (Å²) in [5, 5.41) is 0.958. The molecule has 0 saturated heterocycles. The number of aromatic nitrogens is 1. The lowest BCUT2D eigenvalue weighted by atomic mass is 9.74. The first-order chi connectivity index (χ1) is 16.7. The van der Waals surface area contributed by atoms with Gasteiger partial charge in [-0.25, -0.2) is 12.4 Å². The van der Waals surface area contributed by atoms with Gasteiger partial charge in [-0.3, -0.25) is 4.79 Å². The van der Waals surface area contributed by atoms with Crippen LogP contribution >= 0.6 is 27.7 Å². The van der Waals surface area contributed by atoms with Crippen LogP contribution in [-0.4, -0.2) is 37.2 Å². The van der Waals surface area contributed by atoms with E-state index < -0.39 is 14.8 Å². The number of anilines is 1. The quantitative estimate of drug-likeness (QED) is 0.442. The van der Waals surface area contributed by atoms with Crippen molar-refractivity contribution in [2.75, 3.05) is 18.6 Å². The highest BCUT2D eigenvalue weighted by atomic mass is 79.9. The zero-order chi connectivity index (χ0) is 24.3. The molecule has 1 aliphatic carbocycles. The summed E-state index contributed by atoms with van der Waals surface area (Å²) in [5.74, 6) is 0.503. The van der Waals surface area contributed by atoms with Crippen LogP contribution in [-0.2, 0) is 26.0 Å². The fraction of sp³-hybridized carbons (Fsp3) is 0.269. The lowest BCUT2D eigenvalue weighted by Crippen LogP contribution is -2.50. The first-order valence-electron chi connectivity index (χ1n) is 11.4. The van der Waals surface area contributed by atoms with Gasteiger partial charge in [0.2, 0.25) is 5.12 Å². The van der Waals surface area contributed by atoms with Gasteiger partial charge in [0.05, 0.1) is 28.5 Å². The Morgan fingerprint density at radius 1 is 1.20 bits per heavy atom. The summed E-state index contributed by atoms with van der Waals surface area (Å²) in [6.45, 7) is 2.71. The second kappa shape index (κ2) is 7.05. The number of benzene rings is 2. The topological polar surface area (TPSA) is 68.6 Å². The van der Waals surface area contributed by atoms with Gasteiger partial charge in [-0.1, -0.05) is 45.4 Å². The number of hydrogen-bond donors (Lipinski definition) is 0. The minimum atomic E-state index is -3.84. The summed E-state index contributed by atoms with van der Waals surface area (Å²) in [6.07, 6.45) is 7.10. The number of nitrogens with zero attached hydrogens (tertiary/aromatic N) is 2. The van der Waals surface area contributed by atoms with E-state index >= 15 is 0 Å². The Bertz CT molecular complexity index is 1650. The molecule has 0 amide bonds. The molecule has 2 aromatic carbocycles. The van der Waals surface area contributed by atoms with Crippen LogP contribution in [0.1, 0.15) is 23.1 Å². The molecule has 4 aliphatic rings. The van der Waals surface area contributed by atoms with Crippen molar-refractivity contribution in [2.24, 2.45) is 0 Å². The van der Waals surface area contributed by atoms with E-state index in [-0.39, 0.29) is 16.1 Å². The molecule has 35 heavy (non-hydrogen) atoms. The van der Waals surface area contributed by atoms with Gasteiger partial charge in [0.25, 0.3) is 10.0 Å². The van der Waals surface area contributed by atoms with Crippen LogP contribution in [0.4, 0.5) is 5.69 Å². The Morgan fingerprint density at radius 2 is 1.97 bits per heavy atom. The summed E-state index contributed by atoms with van der Waals surface area (Å²) in [7, 11) is -2.27. The molecule has 4 heterocycles. The number of carbonyl (C=O) groups excluding carboxylic acids is 1. The standard InChI is InChI=1S/C26H21BrN2O4S2/c1-14-3-5-17(6-4-14)35(31,32)29-13-15-7-8-28-20-12-26(16(9-19(20)27)10-22(30)34-26)18-11-21(33-2)25(29)23(15)24(18)28/h3-6,9-11,13,20H,7-8,12H2,1-2H3/t20-,26-/m1/s1. The van der Waals surface area contributed by atoms with E-state index in [4.69, 9.17) is 4.74 Å². The van der Waals surface area contributed by atoms with E-state index in [1.54, 1.807) is 31.5 Å². The second-order valence-corrected chi connectivity index (χ2v) is 13.5. The zero-order valence-corrected chi connectivity index (χ0v) is 22.3. The van der Waals surface area contributed by atoms with E-state index in [1.807, 2.05) is 25.1 Å². The zero-order valence-electron chi connectivity index (χ0n) is 19.0. The van der Waals surface area contributed by atoms with Crippen molar-refractivity contribution in [1.82, 2.24) is 3.97 Å². The van der Waals surface area contributed by atoms with Crippen molar-refractivity contribution >= 4 is 59.4 Å². The summed E-state index contributed by atoms with van der Waals surface area (Å²) in [4.78, 5) is 15.2. The predicted octanol–water partition coefficient (Wildman–Crippen LogP) is 5.02. The lowest BCUT2D eigenvalue weighted by Gasteiger charge is -2.51. The van der Waals surface area contributed by atoms with Gasteiger partial charge in [0.15, 0.2) is 0 Å². The number of methoxy groups -OCH3 is 1. The molecule has 7 rings (SSSR count). The van der Waals surface area contributed by atoms with Crippen molar-refractivity contribution in [2.45, 2.75) is 35.4 Å². The third-order valence-electron chi connectivity index (χ3n) is 7.68. The Morgan fingerprint density at radius 3 is 2.71 bits per heavy atom. The van der Waals surface area contributed by atoms with Crippen LogP contribution in [0.5, 0.6) is 5.75 Å². The van der Waals surface area contributed by atoms with Crippen molar-refractivity contribution in [3.8, 4) is 5.75 Å². The molecule has 2 atom stereocenters. The molecule has 6 nitrogen and oxygen atoms in total. The van der Waals surface area contributed by atoms with Crippen LogP contribution < -0.4 is 9.64 Å². The fourth-order valence-corrected chi connectivity index (χ4v) is 9.40. The molecular formula is C26H21BrN2O4S2. The highest BCUT2D eigenvalue weighted by Gasteiger charge is 2.55. The van der Waals surface area contributed by atoms with Gasteiger partial charge in [-0.05, 0) is 61.3 Å². The SMILES string of the molecule is COc1cc2c3c4c(cn(S(=O)(=O)c5ccc(C)cc5)c14)CCN3[C@@H]1C[C@]23SC(=O)C=C3C=C1Br. The predicted molar refractivity (Wildman–Crippen MR) is 141 cm³/mol. The molecule has 0 radical (unpaired) electrons. The van der Waals surface area contributed by atoms with Crippen molar-refractivity contribution < 1.29 is 17.9 Å². The second-order valence-electron chi connectivity index (χ2n) is 9.51. The van der Waals surface area contributed by atoms with Crippen LogP contribution in [0.3, 0.4) is 0 Å². The number of thioether (sulfide) groups is 1. The largest absolute Gasteiger partial charge is 0.494 e. The fourth-order valence-electron chi connectivity index (χ4n) is 6.08. The van der Waals surface area contributed by atoms with Gasteiger partial charge in [0.1, 0.15) is 11.3 Å². The number of aryl methyl sites for hydroxylation is 1. The molecule has 9 heteroatoms. The molecular weight excluding hydrogens is 548 g/mol. The molecule has 178 valence electrons. The van der Waals surface area contributed by atoms with Crippen molar-refractivity contribution in [3.63, 3.8) is 0 Å². The van der Waals surface area contributed by atoms with Crippen LogP contribution in [0, 0.1) is 6.92 Å². The van der Waals surface area contributed by atoms with E-state index in [0.29, 0.717) is 11.3 Å². The molecule has 0 unspecified atom stereocenters. The summed E-state index contributed by atoms with van der Waals surface area (Å²) < 4.78 is 35.5. The number of fused-ring (bicyclic) bond motifs is 2. The number of halogens is 1. The third-order valence-corrected chi connectivity index (χ3v) is 11.4. The number of allylic oxidation sites excluding steroid dienone is 1. The third kappa shape index (κ3) is 2.72. The Balaban J connectivity index is 1.57. The van der Waals surface area contributed by atoms with Gasteiger partial charge in [-0.15, -0.1) is 0 Å². The maximum absolute atomic E-state index is 13.8. The normalized spacial score (nSPS) is 24.4. The molecule has 3 aromatic rings. The average molecular weight is 570 g/mol. The van der Waals surface area contributed by atoms with Crippen LogP contribution in [0.2, 0.25) is 0 Å². The average Bonchev–Trinajstić information content (AvgIpc) is 3.38. The van der Waals surface area contributed by atoms with Gasteiger partial charge >= 0.3 is 0 Å². The highest BCUT2D eigenvalue weighted by Crippen LogP contribution is 2.64. The van der Waals surface area contributed by atoms with Crippen LogP contribution in [0.25, 0.3) is 10.9 Å². The maximum Gasteiger partial charge on any atom is 0.268 e. The van der Waals surface area contributed by atoms with Gasteiger partial charge < -0.3 is 9.64 Å². The molecule has 0 fully saturated rings. The van der Waals surface area contributed by atoms with Crippen molar-refractivity contribution in [1.29, 1.82) is 0 Å². The molecule has 0 saturated carbocycles. The van der Waals surface area contributed by atoms with E-state index in [1.165, 1.54) is 15.7 Å². The number of carbonyl (C=O) groups is 1. The summed E-state index contributed by atoms with van der Waals surface area (Å²) in [5.41, 5.74) is 5.59. The van der Waals surface area contributed by atoms with Crippen LogP contribution in [0.15, 0.2) is 63.6 Å². The van der Waals surface area contributed by atoms with Gasteiger partial charge in [0, 0.05) is 28.2 Å². The molecule has 1 spiro atoms. The first kappa shape index (κ1) is 21.8. The monoisotopic (exact) mass is 568 g/mol. The maximum atomic E-state index is 13.8. The van der Waals surface area contributed by atoms with E-state index in [2.05, 4.69) is 26.9 Å². The number of ether oxygens (including phenoxy) is 1. The lowest BCUT2D eigenvalue weighted by molar-refractivity contribution is -0.106. The van der Waals surface area contributed by atoms with E-state index in [9.17, 15) is 13.2 Å². The Kier molecular flexibility index (Phi) is 4.38. The number of hydrogen-bond acceptors (Lipinski definition) is 6. The molecule has 1 aromatic heterocycles. The van der Waals surface area contributed by atoms with Crippen molar-refractivity contribution in [3.05, 3.63) is 75.4 Å². The highest BCUT2D eigenvalue weighted by molar-refractivity contribution is 9.11. The summed E-state index contributed by atoms with van der Waals surface area (Å²) >= 11 is 5.14. The molecule has 3 aliphatic heterocycles. The minimum absolute atomic E-state index is 0.0486.